The zero-order valence-corrected chi connectivity index (χ0v) is 18.4. The minimum Gasteiger partial charge on any atom is -0.369 e. The number of piperidine rings is 1. The number of aldehydes is 1. The van der Waals surface area contributed by atoms with Crippen molar-refractivity contribution in [3.63, 3.8) is 0 Å². The van der Waals surface area contributed by atoms with Crippen LogP contribution in [0.2, 0.25) is 0 Å². The average molecular weight is 436 g/mol. The maximum absolute atomic E-state index is 15.2. The molecule has 0 bridgehead atoms. The second-order valence-corrected chi connectivity index (χ2v) is 7.59. The molecule has 0 unspecified atom stereocenters. The van der Waals surface area contributed by atoms with Gasteiger partial charge in [-0.3, -0.25) is 9.58 Å². The van der Waals surface area contributed by atoms with Gasteiger partial charge in [0.25, 0.3) is 0 Å². The van der Waals surface area contributed by atoms with Crippen molar-refractivity contribution in [2.45, 2.75) is 25.6 Å². The number of nitrogens with one attached hydrogen (secondary N) is 1. The van der Waals surface area contributed by atoms with E-state index < -0.39 is 6.03 Å². The van der Waals surface area contributed by atoms with E-state index in [1.807, 2.05) is 4.90 Å². The summed E-state index contributed by atoms with van der Waals surface area (Å²) in [4.78, 5) is 26.5. The van der Waals surface area contributed by atoms with Crippen molar-refractivity contribution in [3.8, 4) is 0 Å². The number of hydrogen-bond acceptors (Lipinski definition) is 6. The molecule has 0 radical (unpaired) electrons. The number of halogens is 1. The monoisotopic (exact) mass is 435 g/mol. The van der Waals surface area contributed by atoms with Crippen LogP contribution in [0.25, 0.3) is 10.9 Å². The summed E-state index contributed by atoms with van der Waals surface area (Å²) in [5.74, 6) is 0.216. The Labute approximate surface area is 181 Å². The highest BCUT2D eigenvalue weighted by molar-refractivity contribution is 6.01. The molecule has 1 aromatic carbocycles. The van der Waals surface area contributed by atoms with Crippen molar-refractivity contribution in [1.82, 2.24) is 15.1 Å². The first-order chi connectivity index (χ1) is 14.9. The molecule has 1 aromatic heterocycles. The fourth-order valence-corrected chi connectivity index (χ4v) is 4.20. The highest BCUT2D eigenvalue weighted by atomic mass is 19.1. The van der Waals surface area contributed by atoms with E-state index in [0.717, 1.165) is 19.1 Å². The quantitative estimate of drug-likeness (QED) is 0.506. The van der Waals surface area contributed by atoms with E-state index >= 15 is 4.39 Å². The molecule has 0 atom stereocenters. The summed E-state index contributed by atoms with van der Waals surface area (Å²) in [6, 6.07) is 2.79. The van der Waals surface area contributed by atoms with Gasteiger partial charge in [-0.1, -0.05) is 0 Å². The molecule has 0 aliphatic carbocycles. The number of fused-ring (bicyclic) bond motifs is 1. The smallest absolute Gasteiger partial charge is 0.322 e. The molecule has 9 nitrogen and oxygen atoms in total. The van der Waals surface area contributed by atoms with Crippen LogP contribution >= 0.6 is 0 Å². The zero-order chi connectivity index (χ0) is 22.5. The zero-order valence-electron chi connectivity index (χ0n) is 18.4. The van der Waals surface area contributed by atoms with Crippen molar-refractivity contribution in [2.24, 2.45) is 13.0 Å². The summed E-state index contributed by atoms with van der Waals surface area (Å²) >= 11 is 0. The van der Waals surface area contributed by atoms with E-state index in [1.165, 1.54) is 18.0 Å². The molecule has 2 aromatic rings. The maximum atomic E-state index is 15.2. The van der Waals surface area contributed by atoms with Gasteiger partial charge in [-0.2, -0.15) is 5.10 Å². The molecule has 0 saturated carbocycles. The predicted octanol–water partition coefficient (Wildman–Crippen LogP) is 2.28. The second-order valence-electron chi connectivity index (χ2n) is 7.59. The number of rotatable bonds is 8. The molecule has 1 saturated heterocycles. The summed E-state index contributed by atoms with van der Waals surface area (Å²) < 4.78 is 27.6. The van der Waals surface area contributed by atoms with E-state index in [4.69, 9.17) is 9.47 Å². The number of urea groups is 1. The standard InChI is InChI=1S/C21H30FN5O4/c1-23-21(29)27(8-5-11-28)19-15-12-16(22)18(13-17(15)25(2)24-19)26-9-6-14(7-10-26)20(30-3)31-4/h11-14,20H,5-10H2,1-4H3,(H,23,29). The molecule has 1 fully saturated rings. The summed E-state index contributed by atoms with van der Waals surface area (Å²) in [5.41, 5.74) is 1.21. The van der Waals surface area contributed by atoms with Gasteiger partial charge in [0.05, 0.1) is 11.2 Å². The second kappa shape index (κ2) is 10.1. The van der Waals surface area contributed by atoms with Crippen LogP contribution < -0.4 is 15.1 Å². The minimum absolute atomic E-state index is 0.158. The maximum Gasteiger partial charge on any atom is 0.322 e. The Hall–Kier alpha value is -2.72. The van der Waals surface area contributed by atoms with Crippen LogP contribution in [0.5, 0.6) is 0 Å². The number of aryl methyl sites for hydroxylation is 1. The van der Waals surface area contributed by atoms with Gasteiger partial charge in [0.2, 0.25) is 0 Å². The Morgan fingerprint density at radius 1 is 1.35 bits per heavy atom. The molecule has 3 rings (SSSR count). The Bertz CT molecular complexity index is 922. The molecule has 2 heterocycles. The summed E-state index contributed by atoms with van der Waals surface area (Å²) in [6.07, 6.45) is 2.30. The first-order valence-electron chi connectivity index (χ1n) is 10.3. The Morgan fingerprint density at radius 3 is 2.61 bits per heavy atom. The number of hydrogen-bond donors (Lipinski definition) is 1. The van der Waals surface area contributed by atoms with E-state index in [9.17, 15) is 9.59 Å². The summed E-state index contributed by atoms with van der Waals surface area (Å²) in [6.45, 7) is 1.53. The molecule has 0 spiro atoms. The fourth-order valence-electron chi connectivity index (χ4n) is 4.20. The molecule has 1 aliphatic heterocycles. The lowest BCUT2D eigenvalue weighted by atomic mass is 9.95. The van der Waals surface area contributed by atoms with E-state index in [0.29, 0.717) is 35.5 Å². The first-order valence-corrected chi connectivity index (χ1v) is 10.3. The van der Waals surface area contributed by atoms with Crippen molar-refractivity contribution in [2.75, 3.05) is 50.7 Å². The molecular formula is C21H30FN5O4. The number of ether oxygens (including phenoxy) is 2. The van der Waals surface area contributed by atoms with Gasteiger partial charge < -0.3 is 24.5 Å². The SMILES string of the molecule is CNC(=O)N(CCC=O)c1nn(C)c2cc(N3CCC(C(OC)OC)CC3)c(F)cc12. The number of carbonyl (C=O) groups excluding carboxylic acids is 2. The molecule has 1 aliphatic rings. The number of amides is 2. The van der Waals surface area contributed by atoms with Crippen molar-refractivity contribution in [3.05, 3.63) is 17.9 Å². The average Bonchev–Trinajstić information content (AvgIpc) is 3.09. The summed E-state index contributed by atoms with van der Waals surface area (Å²) in [5, 5.41) is 7.51. The molecule has 31 heavy (non-hydrogen) atoms. The topological polar surface area (TPSA) is 88.9 Å². The van der Waals surface area contributed by atoms with Crippen LogP contribution in [0.3, 0.4) is 0 Å². The Morgan fingerprint density at radius 2 is 2.03 bits per heavy atom. The number of nitrogens with zero attached hydrogens (tertiary/aromatic N) is 4. The molecule has 1 N–H and O–H groups in total. The van der Waals surface area contributed by atoms with Crippen LogP contribution in [0.15, 0.2) is 12.1 Å². The normalized spacial score (nSPS) is 15.0. The van der Waals surface area contributed by atoms with Gasteiger partial charge in [-0.05, 0) is 25.0 Å². The van der Waals surface area contributed by atoms with Gasteiger partial charge in [0, 0.05) is 65.7 Å². The number of aromatic nitrogens is 2. The lowest BCUT2D eigenvalue weighted by molar-refractivity contribution is -0.141. The fraction of sp³-hybridized carbons (Fsp3) is 0.571. The van der Waals surface area contributed by atoms with Crippen LogP contribution in [0.1, 0.15) is 19.3 Å². The lowest BCUT2D eigenvalue weighted by Crippen LogP contribution is -2.39. The Balaban J connectivity index is 1.90. The highest BCUT2D eigenvalue weighted by Crippen LogP contribution is 2.34. The summed E-state index contributed by atoms with van der Waals surface area (Å²) in [7, 11) is 6.52. The first kappa shape index (κ1) is 23.0. The molecule has 2 amide bonds. The molecule has 10 heteroatoms. The van der Waals surface area contributed by atoms with Gasteiger partial charge >= 0.3 is 6.03 Å². The number of anilines is 2. The van der Waals surface area contributed by atoms with Gasteiger partial charge in [0.1, 0.15) is 12.1 Å². The van der Waals surface area contributed by atoms with E-state index in [1.54, 1.807) is 32.0 Å². The van der Waals surface area contributed by atoms with Crippen LogP contribution in [-0.4, -0.2) is 69.3 Å². The van der Waals surface area contributed by atoms with Crippen LogP contribution in [-0.2, 0) is 21.3 Å². The predicted molar refractivity (Wildman–Crippen MR) is 116 cm³/mol. The van der Waals surface area contributed by atoms with Gasteiger partial charge in [-0.15, -0.1) is 0 Å². The molecular weight excluding hydrogens is 405 g/mol. The van der Waals surface area contributed by atoms with Crippen LogP contribution in [0.4, 0.5) is 20.7 Å². The van der Waals surface area contributed by atoms with Crippen molar-refractivity contribution in [1.29, 1.82) is 0 Å². The third kappa shape index (κ3) is 4.64. The van der Waals surface area contributed by atoms with Crippen molar-refractivity contribution >= 4 is 34.7 Å². The van der Waals surface area contributed by atoms with E-state index in [-0.39, 0.29) is 31.0 Å². The van der Waals surface area contributed by atoms with Crippen molar-refractivity contribution < 1.29 is 23.5 Å². The largest absolute Gasteiger partial charge is 0.369 e. The third-order valence-corrected chi connectivity index (χ3v) is 5.81. The third-order valence-electron chi connectivity index (χ3n) is 5.81. The Kier molecular flexibility index (Phi) is 7.45. The highest BCUT2D eigenvalue weighted by Gasteiger charge is 2.29. The molecule has 170 valence electrons. The van der Waals surface area contributed by atoms with Gasteiger partial charge in [0.15, 0.2) is 12.1 Å². The van der Waals surface area contributed by atoms with Gasteiger partial charge in [-0.25, -0.2) is 9.18 Å². The van der Waals surface area contributed by atoms with Crippen LogP contribution in [0, 0.1) is 11.7 Å². The lowest BCUT2D eigenvalue weighted by Gasteiger charge is -2.36. The number of methoxy groups -OCH3 is 2. The van der Waals surface area contributed by atoms with E-state index in [2.05, 4.69) is 10.4 Å². The minimum atomic E-state index is -0.403. The number of carbonyl (C=O) groups is 2. The number of benzene rings is 1.